The number of hydrogen-bond donors (Lipinski definition) is 1. The molecule has 2 heterocycles. The number of carbonyl (C=O) groups is 1. The maximum absolute atomic E-state index is 12.3. The molecule has 1 aliphatic rings. The average Bonchev–Trinajstić information content (AvgIpc) is 2.67. The molecule has 0 unspecified atom stereocenters. The van der Waals surface area contributed by atoms with Crippen molar-refractivity contribution in [2.75, 3.05) is 38.7 Å². The van der Waals surface area contributed by atoms with E-state index in [2.05, 4.69) is 15.5 Å². The number of rotatable bonds is 5. The Morgan fingerprint density at radius 2 is 2.00 bits per heavy atom. The van der Waals surface area contributed by atoms with E-state index < -0.39 is 0 Å². The van der Waals surface area contributed by atoms with Gasteiger partial charge in [0.2, 0.25) is 0 Å². The van der Waals surface area contributed by atoms with Crippen LogP contribution in [0.2, 0.25) is 0 Å². The third-order valence-electron chi connectivity index (χ3n) is 3.83. The highest BCUT2D eigenvalue weighted by Crippen LogP contribution is 2.18. The summed E-state index contributed by atoms with van der Waals surface area (Å²) in [6, 6.07) is 11.2. The minimum Gasteiger partial charge on any atom is -0.496 e. The van der Waals surface area contributed by atoms with E-state index >= 15 is 0 Å². The maximum atomic E-state index is 12.3. The molecule has 7 nitrogen and oxygen atoms in total. The first-order valence-corrected chi connectivity index (χ1v) is 7.84. The lowest BCUT2D eigenvalue weighted by molar-refractivity contribution is 0.0298. The molecule has 1 fully saturated rings. The second kappa shape index (κ2) is 7.74. The van der Waals surface area contributed by atoms with Crippen LogP contribution in [0, 0.1) is 0 Å². The number of hydrogen-bond acceptors (Lipinski definition) is 6. The predicted molar refractivity (Wildman–Crippen MR) is 89.1 cm³/mol. The summed E-state index contributed by atoms with van der Waals surface area (Å²) in [6.45, 7) is 2.88. The number of methoxy groups -OCH3 is 1. The van der Waals surface area contributed by atoms with Gasteiger partial charge in [-0.25, -0.2) is 0 Å². The molecule has 3 rings (SSSR count). The van der Waals surface area contributed by atoms with Gasteiger partial charge >= 0.3 is 0 Å². The average molecular weight is 328 g/mol. The fourth-order valence-electron chi connectivity index (χ4n) is 2.50. The molecule has 0 bridgehead atoms. The number of amides is 1. The number of carbonyl (C=O) groups excluding carboxylic acids is 1. The summed E-state index contributed by atoms with van der Waals surface area (Å²) < 4.78 is 10.6. The zero-order valence-electron chi connectivity index (χ0n) is 13.6. The minimum absolute atomic E-state index is 0.109. The second-order valence-electron chi connectivity index (χ2n) is 5.37. The van der Waals surface area contributed by atoms with Crippen LogP contribution in [0.1, 0.15) is 16.1 Å². The highest BCUT2D eigenvalue weighted by molar-refractivity contribution is 5.92. The molecule has 126 valence electrons. The third-order valence-corrected chi connectivity index (χ3v) is 3.83. The van der Waals surface area contributed by atoms with E-state index in [1.807, 2.05) is 24.3 Å². The van der Waals surface area contributed by atoms with Crippen LogP contribution in [0.4, 0.5) is 5.82 Å². The highest BCUT2D eigenvalue weighted by Gasteiger charge is 2.19. The Morgan fingerprint density at radius 3 is 2.71 bits per heavy atom. The fourth-order valence-corrected chi connectivity index (χ4v) is 2.50. The van der Waals surface area contributed by atoms with Crippen LogP contribution in [-0.2, 0) is 11.3 Å². The Bertz CT molecular complexity index is 684. The molecule has 1 N–H and O–H groups in total. The molecular formula is C17H20N4O3. The second-order valence-corrected chi connectivity index (χ2v) is 5.37. The molecule has 2 aromatic rings. The van der Waals surface area contributed by atoms with E-state index in [0.29, 0.717) is 44.4 Å². The first-order valence-electron chi connectivity index (χ1n) is 7.84. The van der Waals surface area contributed by atoms with Crippen LogP contribution in [0.15, 0.2) is 36.4 Å². The van der Waals surface area contributed by atoms with Crippen molar-refractivity contribution in [3.63, 3.8) is 0 Å². The Kier molecular flexibility index (Phi) is 5.22. The van der Waals surface area contributed by atoms with E-state index in [1.54, 1.807) is 24.1 Å². The van der Waals surface area contributed by atoms with Gasteiger partial charge in [-0.05, 0) is 18.2 Å². The zero-order valence-corrected chi connectivity index (χ0v) is 13.6. The van der Waals surface area contributed by atoms with Crippen LogP contribution in [0.3, 0.4) is 0 Å². The molecule has 1 aromatic heterocycles. The largest absolute Gasteiger partial charge is 0.496 e. The summed E-state index contributed by atoms with van der Waals surface area (Å²) in [6.07, 6.45) is 0. The van der Waals surface area contributed by atoms with Gasteiger partial charge in [0, 0.05) is 25.2 Å². The van der Waals surface area contributed by atoms with Crippen LogP contribution in [0.25, 0.3) is 0 Å². The minimum atomic E-state index is -0.109. The van der Waals surface area contributed by atoms with Crippen molar-refractivity contribution in [2.45, 2.75) is 6.54 Å². The SMILES string of the molecule is COc1ccccc1CNc1ccc(C(=O)N2CCOCC2)nn1. The number of aromatic nitrogens is 2. The first-order chi connectivity index (χ1) is 11.8. The van der Waals surface area contributed by atoms with Gasteiger partial charge in [0.25, 0.3) is 5.91 Å². The molecule has 0 spiro atoms. The quantitative estimate of drug-likeness (QED) is 0.898. The van der Waals surface area contributed by atoms with E-state index in [-0.39, 0.29) is 5.91 Å². The van der Waals surface area contributed by atoms with Gasteiger partial charge in [-0.2, -0.15) is 0 Å². The normalized spacial score (nSPS) is 14.3. The van der Waals surface area contributed by atoms with Crippen LogP contribution >= 0.6 is 0 Å². The lowest BCUT2D eigenvalue weighted by Gasteiger charge is -2.26. The number of morpholine rings is 1. The van der Waals surface area contributed by atoms with E-state index in [9.17, 15) is 4.79 Å². The van der Waals surface area contributed by atoms with Crippen LogP contribution < -0.4 is 10.1 Å². The molecule has 1 aromatic carbocycles. The number of para-hydroxylation sites is 1. The van der Waals surface area contributed by atoms with Crippen molar-refractivity contribution in [3.05, 3.63) is 47.7 Å². The molecule has 1 aliphatic heterocycles. The molecule has 0 radical (unpaired) electrons. The Labute approximate surface area is 140 Å². The molecule has 1 amide bonds. The molecule has 24 heavy (non-hydrogen) atoms. The number of benzene rings is 1. The number of nitrogens with one attached hydrogen (secondary N) is 1. The summed E-state index contributed by atoms with van der Waals surface area (Å²) in [5.41, 5.74) is 1.37. The number of anilines is 1. The molecule has 1 saturated heterocycles. The molecular weight excluding hydrogens is 308 g/mol. The standard InChI is InChI=1S/C17H20N4O3/c1-23-15-5-3-2-4-13(15)12-18-16-7-6-14(19-20-16)17(22)21-8-10-24-11-9-21/h2-7H,8-12H2,1H3,(H,18,20). The highest BCUT2D eigenvalue weighted by atomic mass is 16.5. The van der Waals surface area contributed by atoms with Crippen molar-refractivity contribution >= 4 is 11.7 Å². The Balaban J connectivity index is 1.61. The summed E-state index contributed by atoms with van der Waals surface area (Å²) in [7, 11) is 1.64. The van der Waals surface area contributed by atoms with Gasteiger partial charge in [-0.3, -0.25) is 4.79 Å². The molecule has 0 aliphatic carbocycles. The van der Waals surface area contributed by atoms with Crippen molar-refractivity contribution in [2.24, 2.45) is 0 Å². The summed E-state index contributed by atoms with van der Waals surface area (Å²) >= 11 is 0. The smallest absolute Gasteiger partial charge is 0.274 e. The van der Waals surface area contributed by atoms with Gasteiger partial charge in [-0.15, -0.1) is 10.2 Å². The van der Waals surface area contributed by atoms with E-state index in [0.717, 1.165) is 11.3 Å². The topological polar surface area (TPSA) is 76.6 Å². The fraction of sp³-hybridized carbons (Fsp3) is 0.353. The summed E-state index contributed by atoms with van der Waals surface area (Å²) in [4.78, 5) is 14.0. The van der Waals surface area contributed by atoms with Crippen molar-refractivity contribution < 1.29 is 14.3 Å². The van der Waals surface area contributed by atoms with Crippen LogP contribution in [-0.4, -0.2) is 54.4 Å². The van der Waals surface area contributed by atoms with Crippen molar-refractivity contribution in [1.82, 2.24) is 15.1 Å². The lowest BCUT2D eigenvalue weighted by Crippen LogP contribution is -2.41. The van der Waals surface area contributed by atoms with Crippen LogP contribution in [0.5, 0.6) is 5.75 Å². The van der Waals surface area contributed by atoms with Gasteiger partial charge in [0.1, 0.15) is 11.6 Å². The van der Waals surface area contributed by atoms with E-state index in [4.69, 9.17) is 9.47 Å². The lowest BCUT2D eigenvalue weighted by atomic mass is 10.2. The molecule has 0 atom stereocenters. The van der Waals surface area contributed by atoms with Gasteiger partial charge in [0.15, 0.2) is 5.69 Å². The van der Waals surface area contributed by atoms with Gasteiger partial charge in [-0.1, -0.05) is 18.2 Å². The maximum Gasteiger partial charge on any atom is 0.274 e. The monoisotopic (exact) mass is 328 g/mol. The summed E-state index contributed by atoms with van der Waals surface area (Å²) in [5, 5.41) is 11.3. The Morgan fingerprint density at radius 1 is 1.21 bits per heavy atom. The summed E-state index contributed by atoms with van der Waals surface area (Å²) in [5.74, 6) is 1.32. The first kappa shape index (κ1) is 16.2. The molecule has 7 heteroatoms. The predicted octanol–water partition coefficient (Wildman–Crippen LogP) is 1.57. The van der Waals surface area contributed by atoms with Gasteiger partial charge in [0.05, 0.1) is 20.3 Å². The zero-order chi connectivity index (χ0) is 16.8. The number of nitrogens with zero attached hydrogens (tertiary/aromatic N) is 3. The Hall–Kier alpha value is -2.67. The number of ether oxygens (including phenoxy) is 2. The van der Waals surface area contributed by atoms with Crippen molar-refractivity contribution in [1.29, 1.82) is 0 Å². The van der Waals surface area contributed by atoms with E-state index in [1.165, 1.54) is 0 Å². The molecule has 0 saturated carbocycles. The van der Waals surface area contributed by atoms with Gasteiger partial charge < -0.3 is 19.7 Å². The third kappa shape index (κ3) is 3.80. The van der Waals surface area contributed by atoms with Crippen molar-refractivity contribution in [3.8, 4) is 5.75 Å².